The van der Waals surface area contributed by atoms with Gasteiger partial charge in [0.15, 0.2) is 5.82 Å². The summed E-state index contributed by atoms with van der Waals surface area (Å²) < 4.78 is 36.7. The van der Waals surface area contributed by atoms with E-state index < -0.39 is 35.4 Å². The van der Waals surface area contributed by atoms with E-state index >= 15 is 0 Å². The van der Waals surface area contributed by atoms with Crippen molar-refractivity contribution in [3.63, 3.8) is 0 Å². The number of amides is 2. The van der Waals surface area contributed by atoms with Crippen molar-refractivity contribution >= 4 is 12.0 Å². The number of ether oxygens (including phenoxy) is 1. The molecule has 2 aliphatic heterocycles. The number of carboxylic acid groups (broad SMARTS) is 1. The monoisotopic (exact) mass is 505 g/mol. The Kier molecular flexibility index (Phi) is 6.82. The molecular weight excluding hydrogens is 472 g/mol. The normalized spacial score (nSPS) is 22.4. The highest BCUT2D eigenvalue weighted by Gasteiger charge is 2.46. The molecule has 3 atom stereocenters. The van der Waals surface area contributed by atoms with E-state index in [1.165, 1.54) is 9.80 Å². The molecule has 2 amide bonds. The van der Waals surface area contributed by atoms with Gasteiger partial charge < -0.3 is 19.3 Å². The molecule has 1 aromatic carbocycles. The van der Waals surface area contributed by atoms with Crippen molar-refractivity contribution < 1.29 is 28.2 Å². The lowest BCUT2D eigenvalue weighted by molar-refractivity contribution is -0.103. The molecule has 0 bridgehead atoms. The molecule has 2 aliphatic rings. The first-order valence-electron chi connectivity index (χ1n) is 11.9. The van der Waals surface area contributed by atoms with Crippen LogP contribution in [0.3, 0.4) is 0 Å². The summed E-state index contributed by atoms with van der Waals surface area (Å²) >= 11 is 0. The molecule has 2 aromatic rings. The fourth-order valence-electron chi connectivity index (χ4n) is 5.25. The summed E-state index contributed by atoms with van der Waals surface area (Å²) in [5.41, 5.74) is 0.914. The molecule has 3 heterocycles. The maximum absolute atomic E-state index is 14.8. The Morgan fingerprint density at radius 2 is 1.89 bits per heavy atom. The van der Waals surface area contributed by atoms with Gasteiger partial charge in [-0.1, -0.05) is 0 Å². The van der Waals surface area contributed by atoms with E-state index in [9.17, 15) is 23.5 Å². The van der Waals surface area contributed by atoms with Gasteiger partial charge in [-0.05, 0) is 45.4 Å². The predicted octanol–water partition coefficient (Wildman–Crippen LogP) is 3.39. The number of hydrogen-bond acceptors (Lipinski definition) is 5. The summed E-state index contributed by atoms with van der Waals surface area (Å²) in [4.78, 5) is 34.3. The number of aromatic nitrogens is 2. The predicted molar refractivity (Wildman–Crippen MR) is 127 cm³/mol. The zero-order valence-electron chi connectivity index (χ0n) is 21.5. The summed E-state index contributed by atoms with van der Waals surface area (Å²) in [6.07, 6.45) is -1.75. The summed E-state index contributed by atoms with van der Waals surface area (Å²) in [6.45, 7) is 6.51. The van der Waals surface area contributed by atoms with Crippen LogP contribution in [0.1, 0.15) is 60.9 Å². The van der Waals surface area contributed by atoms with Crippen LogP contribution >= 0.6 is 0 Å². The molecule has 1 fully saturated rings. The van der Waals surface area contributed by atoms with Gasteiger partial charge in [0.25, 0.3) is 5.91 Å². The second-order valence-electron chi connectivity index (χ2n) is 10.7. The van der Waals surface area contributed by atoms with Crippen molar-refractivity contribution in [3.8, 4) is 0 Å². The van der Waals surface area contributed by atoms with Gasteiger partial charge >= 0.3 is 6.09 Å². The van der Waals surface area contributed by atoms with Crippen LogP contribution in [0.15, 0.2) is 18.2 Å². The first-order chi connectivity index (χ1) is 16.8. The van der Waals surface area contributed by atoms with Crippen LogP contribution in [0.2, 0.25) is 0 Å². The molecule has 1 aromatic heterocycles. The van der Waals surface area contributed by atoms with Crippen LogP contribution in [0.5, 0.6) is 0 Å². The Morgan fingerprint density at radius 1 is 1.19 bits per heavy atom. The van der Waals surface area contributed by atoms with Crippen molar-refractivity contribution in [3.05, 3.63) is 52.6 Å². The van der Waals surface area contributed by atoms with Crippen molar-refractivity contribution in [2.75, 3.05) is 20.7 Å². The molecule has 4 rings (SSSR count). The summed E-state index contributed by atoms with van der Waals surface area (Å²) in [7, 11) is 5.16. The van der Waals surface area contributed by atoms with Gasteiger partial charge in [-0.2, -0.15) is 0 Å². The molecule has 0 aliphatic carbocycles. The highest BCUT2D eigenvalue weighted by atomic mass is 19.1. The number of rotatable bonds is 4. The second kappa shape index (κ2) is 9.44. The molecule has 11 heteroatoms. The van der Waals surface area contributed by atoms with E-state index in [0.717, 1.165) is 29.6 Å². The Balaban J connectivity index is 1.63. The number of imidazole rings is 1. The number of fused-ring (bicyclic) bond motifs is 1. The van der Waals surface area contributed by atoms with E-state index in [0.29, 0.717) is 25.3 Å². The molecule has 0 radical (unpaired) electrons. The number of carbonyl (C=O) groups is 2. The first kappa shape index (κ1) is 26.0. The molecule has 1 saturated heterocycles. The number of nitrogens with zero attached hydrogens (tertiary/aromatic N) is 5. The van der Waals surface area contributed by atoms with Crippen molar-refractivity contribution in [1.82, 2.24) is 24.3 Å². The average molecular weight is 506 g/mol. The van der Waals surface area contributed by atoms with Crippen molar-refractivity contribution in [2.24, 2.45) is 7.05 Å². The lowest BCUT2D eigenvalue weighted by atomic mass is 9.88. The van der Waals surface area contributed by atoms with Crippen molar-refractivity contribution in [1.29, 1.82) is 0 Å². The fourth-order valence-corrected chi connectivity index (χ4v) is 5.25. The fraction of sp³-hybridized carbons (Fsp3) is 0.560. The third-order valence-corrected chi connectivity index (χ3v) is 6.97. The maximum Gasteiger partial charge on any atom is 0.408 e. The molecule has 196 valence electrons. The quantitative estimate of drug-likeness (QED) is 0.685. The Morgan fingerprint density at radius 3 is 2.47 bits per heavy atom. The number of halogens is 2. The molecule has 0 spiro atoms. The maximum atomic E-state index is 14.8. The van der Waals surface area contributed by atoms with Crippen LogP contribution in [0.25, 0.3) is 0 Å². The highest BCUT2D eigenvalue weighted by Crippen LogP contribution is 2.39. The Bertz CT molecular complexity index is 1180. The van der Waals surface area contributed by atoms with Gasteiger partial charge in [-0.3, -0.25) is 14.6 Å². The highest BCUT2D eigenvalue weighted by molar-refractivity contribution is 5.90. The van der Waals surface area contributed by atoms with Crippen LogP contribution < -0.4 is 0 Å². The largest absolute Gasteiger partial charge is 0.465 e. The van der Waals surface area contributed by atoms with E-state index in [-0.39, 0.29) is 24.1 Å². The minimum atomic E-state index is -1.16. The lowest BCUT2D eigenvalue weighted by Crippen LogP contribution is -2.58. The molecule has 0 saturated carbocycles. The lowest BCUT2D eigenvalue weighted by Gasteiger charge is -2.48. The topological polar surface area (TPSA) is 91.1 Å². The van der Waals surface area contributed by atoms with Gasteiger partial charge in [0.05, 0.1) is 24.0 Å². The van der Waals surface area contributed by atoms with Gasteiger partial charge in [0.2, 0.25) is 0 Å². The minimum absolute atomic E-state index is 0.00663. The zero-order chi connectivity index (χ0) is 26.5. The standard InChI is InChI=1S/C25H33F2N5O4/c1-25(2,3)32(24(34)35)19-10-15(13-36-21(19)16-9-14(26)7-8-17(16)27)31-11-18-20(12-31)30(6)22(28-18)23(33)29(4)5/h7-9,15,19,21H,10-13H2,1-6H3,(H,34,35)/t15-,19+,21-/m1/s1. The third-order valence-electron chi connectivity index (χ3n) is 6.97. The van der Waals surface area contributed by atoms with E-state index in [1.807, 2.05) is 0 Å². The molecule has 36 heavy (non-hydrogen) atoms. The van der Waals surface area contributed by atoms with Crippen molar-refractivity contribution in [2.45, 2.75) is 64.0 Å². The Labute approximate surface area is 209 Å². The van der Waals surface area contributed by atoms with Crippen LogP contribution in [0, 0.1) is 11.6 Å². The molecular formula is C25H33F2N5O4. The average Bonchev–Trinajstić information content (AvgIpc) is 3.33. The van der Waals surface area contributed by atoms with Gasteiger partial charge in [-0.15, -0.1) is 0 Å². The third kappa shape index (κ3) is 4.69. The number of hydrogen-bond donors (Lipinski definition) is 1. The van der Waals surface area contributed by atoms with E-state index in [1.54, 1.807) is 46.5 Å². The molecule has 0 unspecified atom stereocenters. The molecule has 1 N–H and O–H groups in total. The SMILES string of the molecule is CN(C)C(=O)c1nc2c(n1C)CN([C@H]1CO[C@H](c3cc(F)ccc3F)[C@@H](N(C(=O)O)C(C)(C)C)C1)C2. The summed E-state index contributed by atoms with van der Waals surface area (Å²) in [6, 6.07) is 2.21. The first-order valence-corrected chi connectivity index (χ1v) is 11.9. The Hall–Kier alpha value is -3.05. The van der Waals surface area contributed by atoms with Gasteiger partial charge in [0.1, 0.15) is 17.7 Å². The summed E-state index contributed by atoms with van der Waals surface area (Å²) in [5, 5.41) is 10.1. The number of benzene rings is 1. The van der Waals surface area contributed by atoms with Gasteiger partial charge in [-0.25, -0.2) is 18.6 Å². The van der Waals surface area contributed by atoms with E-state index in [4.69, 9.17) is 4.74 Å². The summed E-state index contributed by atoms with van der Waals surface area (Å²) in [5.74, 6) is -1.06. The minimum Gasteiger partial charge on any atom is -0.465 e. The van der Waals surface area contributed by atoms with E-state index in [2.05, 4.69) is 9.88 Å². The van der Waals surface area contributed by atoms with Gasteiger partial charge in [0, 0.05) is 51.4 Å². The van der Waals surface area contributed by atoms with Crippen LogP contribution in [-0.4, -0.2) is 79.7 Å². The number of carbonyl (C=O) groups excluding carboxylic acids is 1. The van der Waals surface area contributed by atoms with Crippen LogP contribution in [-0.2, 0) is 24.9 Å². The zero-order valence-corrected chi connectivity index (χ0v) is 21.5. The van der Waals surface area contributed by atoms with Crippen LogP contribution in [0.4, 0.5) is 13.6 Å². The molecule has 9 nitrogen and oxygen atoms in total. The second-order valence-corrected chi connectivity index (χ2v) is 10.7. The smallest absolute Gasteiger partial charge is 0.408 e.